The molecule has 1 aromatic rings. The van der Waals surface area contributed by atoms with Crippen LogP contribution >= 0.6 is 11.6 Å². The topological polar surface area (TPSA) is 55.3 Å². The van der Waals surface area contributed by atoms with Gasteiger partial charge in [-0.25, -0.2) is 0 Å². The Hall–Kier alpha value is -1.50. The standard InChI is InChI=1S/C18H30ClN3O3/c1-4-20-18(21-10-5-12-24-15-14-23-3)22(2)11-13-25-17-8-6-16(19)7-9-17/h6-9H,4-5,10-15H2,1-3H3,(H,20,21). The first-order valence-electron chi connectivity index (χ1n) is 8.61. The molecule has 25 heavy (non-hydrogen) atoms. The third-order valence-electron chi connectivity index (χ3n) is 3.35. The molecule has 0 aliphatic heterocycles. The zero-order valence-electron chi connectivity index (χ0n) is 15.5. The maximum absolute atomic E-state index is 5.87. The fourth-order valence-corrected chi connectivity index (χ4v) is 2.13. The van der Waals surface area contributed by atoms with Crippen molar-refractivity contribution in [1.82, 2.24) is 10.2 Å². The maximum atomic E-state index is 5.87. The predicted octanol–water partition coefficient (Wildman–Crippen LogP) is 2.67. The minimum atomic E-state index is 0.572. The molecule has 7 heteroatoms. The van der Waals surface area contributed by atoms with Crippen LogP contribution in [0, 0.1) is 0 Å². The Morgan fingerprint density at radius 3 is 2.60 bits per heavy atom. The van der Waals surface area contributed by atoms with E-state index in [1.807, 2.05) is 31.3 Å². The van der Waals surface area contributed by atoms with E-state index in [-0.39, 0.29) is 0 Å². The van der Waals surface area contributed by atoms with Crippen molar-refractivity contribution in [1.29, 1.82) is 0 Å². The van der Waals surface area contributed by atoms with Gasteiger partial charge in [0.2, 0.25) is 0 Å². The number of nitrogens with one attached hydrogen (secondary N) is 1. The van der Waals surface area contributed by atoms with E-state index in [4.69, 9.17) is 25.8 Å². The highest BCUT2D eigenvalue weighted by atomic mass is 35.5. The van der Waals surface area contributed by atoms with Gasteiger partial charge in [0.15, 0.2) is 5.96 Å². The summed E-state index contributed by atoms with van der Waals surface area (Å²) in [6.07, 6.45) is 0.883. The summed E-state index contributed by atoms with van der Waals surface area (Å²) in [5.41, 5.74) is 0. The molecule has 1 N–H and O–H groups in total. The van der Waals surface area contributed by atoms with Gasteiger partial charge in [-0.3, -0.25) is 4.99 Å². The maximum Gasteiger partial charge on any atom is 0.193 e. The van der Waals surface area contributed by atoms with Gasteiger partial charge in [0.25, 0.3) is 0 Å². The second kappa shape index (κ2) is 13.8. The van der Waals surface area contributed by atoms with Gasteiger partial charge in [0.05, 0.1) is 19.8 Å². The first kappa shape index (κ1) is 21.5. The van der Waals surface area contributed by atoms with Gasteiger partial charge in [-0.1, -0.05) is 11.6 Å². The molecule has 0 aromatic heterocycles. The lowest BCUT2D eigenvalue weighted by Gasteiger charge is -2.22. The number of nitrogens with zero attached hydrogens (tertiary/aromatic N) is 2. The van der Waals surface area contributed by atoms with Crippen LogP contribution in [-0.4, -0.2) is 71.1 Å². The van der Waals surface area contributed by atoms with Crippen LogP contribution in [0.1, 0.15) is 13.3 Å². The fraction of sp³-hybridized carbons (Fsp3) is 0.611. The number of halogens is 1. The largest absolute Gasteiger partial charge is 0.492 e. The third kappa shape index (κ3) is 10.2. The number of hydrogen-bond donors (Lipinski definition) is 1. The summed E-state index contributed by atoms with van der Waals surface area (Å²) in [6, 6.07) is 7.37. The Morgan fingerprint density at radius 1 is 1.16 bits per heavy atom. The van der Waals surface area contributed by atoms with E-state index in [9.17, 15) is 0 Å². The Bertz CT molecular complexity index is 483. The molecule has 142 valence electrons. The Morgan fingerprint density at radius 2 is 1.92 bits per heavy atom. The molecule has 0 atom stereocenters. The van der Waals surface area contributed by atoms with E-state index in [0.717, 1.165) is 37.8 Å². The molecule has 1 rings (SSSR count). The highest BCUT2D eigenvalue weighted by Crippen LogP contribution is 2.15. The van der Waals surface area contributed by atoms with E-state index in [1.165, 1.54) is 0 Å². The lowest BCUT2D eigenvalue weighted by Crippen LogP contribution is -2.41. The van der Waals surface area contributed by atoms with Gasteiger partial charge >= 0.3 is 0 Å². The molecule has 6 nitrogen and oxygen atoms in total. The van der Waals surface area contributed by atoms with Gasteiger partial charge in [0, 0.05) is 38.9 Å². The number of likely N-dealkylation sites (N-methyl/N-ethyl adjacent to an activating group) is 1. The Balaban J connectivity index is 2.29. The van der Waals surface area contributed by atoms with Crippen molar-refractivity contribution in [3.63, 3.8) is 0 Å². The second-order valence-electron chi connectivity index (χ2n) is 5.42. The normalized spacial score (nSPS) is 11.4. The minimum absolute atomic E-state index is 0.572. The van der Waals surface area contributed by atoms with Crippen molar-refractivity contribution in [2.24, 2.45) is 4.99 Å². The van der Waals surface area contributed by atoms with Gasteiger partial charge in [-0.05, 0) is 37.6 Å². The zero-order valence-corrected chi connectivity index (χ0v) is 16.2. The number of benzene rings is 1. The van der Waals surface area contributed by atoms with Crippen LogP contribution in [0.2, 0.25) is 5.02 Å². The molecule has 0 saturated heterocycles. The minimum Gasteiger partial charge on any atom is -0.492 e. The Labute approximate surface area is 156 Å². The summed E-state index contributed by atoms with van der Waals surface area (Å²) < 4.78 is 16.1. The van der Waals surface area contributed by atoms with Crippen molar-refractivity contribution in [2.75, 3.05) is 60.2 Å². The average molecular weight is 372 g/mol. The molecule has 0 aliphatic rings. The van der Waals surface area contributed by atoms with Crippen LogP contribution in [0.3, 0.4) is 0 Å². The van der Waals surface area contributed by atoms with Crippen LogP contribution in [0.25, 0.3) is 0 Å². The molecule has 0 aliphatic carbocycles. The van der Waals surface area contributed by atoms with Gasteiger partial charge in [-0.15, -0.1) is 0 Å². The SMILES string of the molecule is CCNC(=NCCCOCCOC)N(C)CCOc1ccc(Cl)cc1. The number of ether oxygens (including phenoxy) is 3. The van der Waals surface area contributed by atoms with E-state index >= 15 is 0 Å². The molecular formula is C18H30ClN3O3. The van der Waals surface area contributed by atoms with Crippen molar-refractivity contribution in [2.45, 2.75) is 13.3 Å². The first-order valence-corrected chi connectivity index (χ1v) is 8.99. The van der Waals surface area contributed by atoms with Crippen molar-refractivity contribution >= 4 is 17.6 Å². The highest BCUT2D eigenvalue weighted by Gasteiger charge is 2.05. The van der Waals surface area contributed by atoms with Gasteiger partial charge < -0.3 is 24.4 Å². The lowest BCUT2D eigenvalue weighted by atomic mass is 10.3. The summed E-state index contributed by atoms with van der Waals surface area (Å²) in [4.78, 5) is 6.68. The predicted molar refractivity (Wildman–Crippen MR) is 103 cm³/mol. The highest BCUT2D eigenvalue weighted by molar-refractivity contribution is 6.30. The van der Waals surface area contributed by atoms with Crippen LogP contribution < -0.4 is 10.1 Å². The van der Waals surface area contributed by atoms with E-state index in [0.29, 0.717) is 31.5 Å². The summed E-state index contributed by atoms with van der Waals surface area (Å²) in [5, 5.41) is 4.00. The molecule has 0 spiro atoms. The molecule has 0 saturated carbocycles. The summed E-state index contributed by atoms with van der Waals surface area (Å²) in [7, 11) is 3.67. The van der Waals surface area contributed by atoms with Crippen LogP contribution in [0.15, 0.2) is 29.3 Å². The van der Waals surface area contributed by atoms with E-state index in [2.05, 4.69) is 22.1 Å². The summed E-state index contributed by atoms with van der Waals surface area (Å²) in [6.45, 7) is 6.85. The summed E-state index contributed by atoms with van der Waals surface area (Å²) in [5.74, 6) is 1.69. The lowest BCUT2D eigenvalue weighted by molar-refractivity contribution is 0.0702. The van der Waals surface area contributed by atoms with Crippen molar-refractivity contribution in [3.8, 4) is 5.75 Å². The molecular weight excluding hydrogens is 342 g/mol. The smallest absolute Gasteiger partial charge is 0.193 e. The molecule has 1 aromatic carbocycles. The molecule has 0 amide bonds. The monoisotopic (exact) mass is 371 g/mol. The van der Waals surface area contributed by atoms with Crippen LogP contribution in [-0.2, 0) is 9.47 Å². The van der Waals surface area contributed by atoms with Crippen LogP contribution in [0.4, 0.5) is 0 Å². The first-order chi connectivity index (χ1) is 12.2. The quantitative estimate of drug-likeness (QED) is 0.348. The zero-order chi connectivity index (χ0) is 18.3. The second-order valence-corrected chi connectivity index (χ2v) is 5.85. The number of methoxy groups -OCH3 is 1. The third-order valence-corrected chi connectivity index (χ3v) is 3.60. The van der Waals surface area contributed by atoms with Crippen LogP contribution in [0.5, 0.6) is 5.75 Å². The van der Waals surface area contributed by atoms with Crippen molar-refractivity contribution < 1.29 is 14.2 Å². The van der Waals surface area contributed by atoms with E-state index < -0.39 is 0 Å². The Kier molecular flexibility index (Phi) is 11.9. The fourth-order valence-electron chi connectivity index (χ4n) is 2.00. The number of hydrogen-bond acceptors (Lipinski definition) is 4. The van der Waals surface area contributed by atoms with Gasteiger partial charge in [0.1, 0.15) is 12.4 Å². The molecule has 0 unspecified atom stereocenters. The van der Waals surface area contributed by atoms with Gasteiger partial charge in [-0.2, -0.15) is 0 Å². The molecule has 0 fully saturated rings. The van der Waals surface area contributed by atoms with Crippen molar-refractivity contribution in [3.05, 3.63) is 29.3 Å². The number of rotatable bonds is 12. The molecule has 0 radical (unpaired) electrons. The number of guanidine groups is 1. The molecule has 0 heterocycles. The number of aliphatic imine (C=N–C) groups is 1. The summed E-state index contributed by atoms with van der Waals surface area (Å²) >= 11 is 5.87. The average Bonchev–Trinajstić information content (AvgIpc) is 2.61. The van der Waals surface area contributed by atoms with E-state index in [1.54, 1.807) is 7.11 Å². The molecule has 0 bridgehead atoms.